The van der Waals surface area contributed by atoms with Crippen molar-refractivity contribution in [2.45, 2.75) is 13.8 Å². The number of nitrogens with zero attached hydrogens (tertiary/aromatic N) is 1. The quantitative estimate of drug-likeness (QED) is 0.185. The molecule has 0 N–H and O–H groups in total. The molecule has 0 heterocycles. The van der Waals surface area contributed by atoms with Gasteiger partial charge < -0.3 is 4.90 Å². The molecular weight excluding hydrogens is 542 g/mol. The second-order valence-electron chi connectivity index (χ2n) is 12.0. The number of hydrogen-bond donors (Lipinski definition) is 0. The number of rotatable bonds is 5. The van der Waals surface area contributed by atoms with E-state index in [1.54, 1.807) is 0 Å². The highest BCUT2D eigenvalue weighted by Crippen LogP contribution is 2.43. The molecule has 0 amide bonds. The van der Waals surface area contributed by atoms with E-state index in [4.69, 9.17) is 0 Å². The lowest BCUT2D eigenvalue weighted by Gasteiger charge is -2.27. The molecule has 0 saturated heterocycles. The van der Waals surface area contributed by atoms with Crippen LogP contribution >= 0.6 is 0 Å². The highest BCUT2D eigenvalue weighted by atomic mass is 15.1. The Kier molecular flexibility index (Phi) is 6.65. The molecule has 8 aromatic rings. The average molecular weight is 576 g/mol. The van der Waals surface area contributed by atoms with Gasteiger partial charge in [-0.2, -0.15) is 0 Å². The number of benzene rings is 8. The molecule has 0 aliphatic heterocycles. The minimum atomic E-state index is 1.13. The summed E-state index contributed by atoms with van der Waals surface area (Å²) in [7, 11) is 0. The topological polar surface area (TPSA) is 3.24 Å². The Morgan fingerprint density at radius 3 is 1.33 bits per heavy atom. The number of anilines is 3. The third-order valence-corrected chi connectivity index (χ3v) is 8.99. The number of aryl methyl sites for hydroxylation is 2. The van der Waals surface area contributed by atoms with Crippen LogP contribution in [0, 0.1) is 13.8 Å². The van der Waals surface area contributed by atoms with E-state index in [2.05, 4.69) is 183 Å². The largest absolute Gasteiger partial charge is 0.310 e. The lowest BCUT2D eigenvalue weighted by atomic mass is 9.89. The normalized spacial score (nSPS) is 11.3. The second kappa shape index (κ2) is 11.1. The van der Waals surface area contributed by atoms with Gasteiger partial charge >= 0.3 is 0 Å². The lowest BCUT2D eigenvalue weighted by Crippen LogP contribution is -2.10. The summed E-state index contributed by atoms with van der Waals surface area (Å²) in [6.07, 6.45) is 0. The summed E-state index contributed by atoms with van der Waals surface area (Å²) in [4.78, 5) is 2.36. The van der Waals surface area contributed by atoms with Crippen LogP contribution in [0.5, 0.6) is 0 Å². The van der Waals surface area contributed by atoms with E-state index in [0.29, 0.717) is 0 Å². The molecule has 0 spiro atoms. The van der Waals surface area contributed by atoms with Crippen LogP contribution < -0.4 is 4.90 Å². The van der Waals surface area contributed by atoms with Gasteiger partial charge in [0.25, 0.3) is 0 Å². The third kappa shape index (κ3) is 4.83. The van der Waals surface area contributed by atoms with E-state index >= 15 is 0 Å². The van der Waals surface area contributed by atoms with Crippen LogP contribution in [-0.2, 0) is 0 Å². The highest BCUT2D eigenvalue weighted by molar-refractivity contribution is 6.25. The first-order valence-corrected chi connectivity index (χ1v) is 15.6. The molecule has 0 aliphatic carbocycles. The molecule has 0 atom stereocenters. The first kappa shape index (κ1) is 26.9. The van der Waals surface area contributed by atoms with Crippen molar-refractivity contribution in [1.82, 2.24) is 0 Å². The summed E-state index contributed by atoms with van der Waals surface area (Å²) < 4.78 is 0. The van der Waals surface area contributed by atoms with Crippen LogP contribution in [0.15, 0.2) is 164 Å². The van der Waals surface area contributed by atoms with Crippen molar-refractivity contribution in [3.05, 3.63) is 175 Å². The fraction of sp³-hybridized carbons (Fsp3) is 0.0455. The van der Waals surface area contributed by atoms with Gasteiger partial charge in [-0.15, -0.1) is 0 Å². The van der Waals surface area contributed by atoms with E-state index in [9.17, 15) is 0 Å². The van der Waals surface area contributed by atoms with E-state index < -0.39 is 0 Å². The summed E-state index contributed by atoms with van der Waals surface area (Å²) in [5, 5.41) is 7.75. The third-order valence-electron chi connectivity index (χ3n) is 8.99. The highest BCUT2D eigenvalue weighted by Gasteiger charge is 2.17. The van der Waals surface area contributed by atoms with Gasteiger partial charge in [-0.1, -0.05) is 132 Å². The Morgan fingerprint density at radius 1 is 0.311 bits per heavy atom. The Balaban J connectivity index is 1.36. The van der Waals surface area contributed by atoms with Crippen molar-refractivity contribution < 1.29 is 0 Å². The molecule has 0 unspecified atom stereocenters. The van der Waals surface area contributed by atoms with Gasteiger partial charge in [0.05, 0.1) is 0 Å². The zero-order valence-corrected chi connectivity index (χ0v) is 25.5. The molecular formula is C44H33N. The molecule has 8 aromatic carbocycles. The molecule has 0 fully saturated rings. The Morgan fingerprint density at radius 2 is 0.778 bits per heavy atom. The Labute approximate surface area is 264 Å². The minimum Gasteiger partial charge on any atom is -0.310 e. The molecule has 0 aliphatic rings. The fourth-order valence-electron chi connectivity index (χ4n) is 6.69. The van der Waals surface area contributed by atoms with Crippen molar-refractivity contribution in [3.63, 3.8) is 0 Å². The average Bonchev–Trinajstić information content (AvgIpc) is 3.10. The van der Waals surface area contributed by atoms with Crippen molar-refractivity contribution in [1.29, 1.82) is 0 Å². The van der Waals surface area contributed by atoms with Gasteiger partial charge in [0, 0.05) is 17.1 Å². The standard InChI is InChI=1S/C44H33N/c1-30-16-21-34(22-17-30)45(35-23-18-31(2)19-24-35)36-25-27-37(43(29-36)32-10-4-3-5-11-32)33-20-26-42-40-14-7-6-12-38(40)39-13-8-9-15-41(39)44(42)28-33/h3-29H,1-2H3. The minimum absolute atomic E-state index is 1.13. The summed E-state index contributed by atoms with van der Waals surface area (Å²) in [6, 6.07) is 59.9. The molecule has 0 bridgehead atoms. The SMILES string of the molecule is Cc1ccc(N(c2ccc(C)cc2)c2ccc(-c3ccc4c5ccccc5c5ccccc5c4c3)c(-c3ccccc3)c2)cc1. The van der Waals surface area contributed by atoms with E-state index in [1.807, 2.05) is 0 Å². The van der Waals surface area contributed by atoms with Crippen LogP contribution in [-0.4, -0.2) is 0 Å². The predicted octanol–water partition coefficient (Wildman–Crippen LogP) is 12.6. The monoisotopic (exact) mass is 575 g/mol. The van der Waals surface area contributed by atoms with Crippen LogP contribution in [0.2, 0.25) is 0 Å². The number of hydrogen-bond acceptors (Lipinski definition) is 1. The molecule has 45 heavy (non-hydrogen) atoms. The van der Waals surface area contributed by atoms with Gasteiger partial charge in [0.15, 0.2) is 0 Å². The Bertz CT molecular complexity index is 2230. The van der Waals surface area contributed by atoms with Crippen molar-refractivity contribution in [2.24, 2.45) is 0 Å². The number of fused-ring (bicyclic) bond motifs is 6. The van der Waals surface area contributed by atoms with Crippen LogP contribution in [0.1, 0.15) is 11.1 Å². The Hall–Kier alpha value is -5.66. The van der Waals surface area contributed by atoms with E-state index in [1.165, 1.54) is 65.7 Å². The van der Waals surface area contributed by atoms with Crippen LogP contribution in [0.4, 0.5) is 17.1 Å². The zero-order chi connectivity index (χ0) is 30.3. The summed E-state index contributed by atoms with van der Waals surface area (Å²) >= 11 is 0. The van der Waals surface area contributed by atoms with Crippen molar-refractivity contribution in [3.8, 4) is 22.3 Å². The fourth-order valence-corrected chi connectivity index (χ4v) is 6.69. The maximum absolute atomic E-state index is 2.39. The molecule has 214 valence electrons. The molecule has 1 nitrogen and oxygen atoms in total. The van der Waals surface area contributed by atoms with Crippen LogP contribution in [0.25, 0.3) is 54.6 Å². The molecule has 0 saturated carbocycles. The molecule has 0 aromatic heterocycles. The van der Waals surface area contributed by atoms with E-state index in [-0.39, 0.29) is 0 Å². The maximum Gasteiger partial charge on any atom is 0.0468 e. The summed E-state index contributed by atoms with van der Waals surface area (Å²) in [6.45, 7) is 4.27. The molecule has 1 heteroatoms. The summed E-state index contributed by atoms with van der Waals surface area (Å²) in [5.74, 6) is 0. The van der Waals surface area contributed by atoms with Gasteiger partial charge in [-0.25, -0.2) is 0 Å². The van der Waals surface area contributed by atoms with Gasteiger partial charge in [0.1, 0.15) is 0 Å². The van der Waals surface area contributed by atoms with Gasteiger partial charge in [-0.05, 0) is 111 Å². The van der Waals surface area contributed by atoms with Crippen LogP contribution in [0.3, 0.4) is 0 Å². The first-order valence-electron chi connectivity index (χ1n) is 15.6. The van der Waals surface area contributed by atoms with Crippen molar-refractivity contribution in [2.75, 3.05) is 4.90 Å². The molecule has 0 radical (unpaired) electrons. The smallest absolute Gasteiger partial charge is 0.0468 e. The molecule has 8 rings (SSSR count). The maximum atomic E-state index is 2.39. The zero-order valence-electron chi connectivity index (χ0n) is 25.5. The lowest BCUT2D eigenvalue weighted by molar-refractivity contribution is 1.27. The first-order chi connectivity index (χ1) is 22.1. The van der Waals surface area contributed by atoms with E-state index in [0.717, 1.165) is 17.1 Å². The van der Waals surface area contributed by atoms with Gasteiger partial charge in [0.2, 0.25) is 0 Å². The summed E-state index contributed by atoms with van der Waals surface area (Å²) in [5.41, 5.74) is 10.7. The second-order valence-corrected chi connectivity index (χ2v) is 12.0. The predicted molar refractivity (Wildman–Crippen MR) is 194 cm³/mol. The van der Waals surface area contributed by atoms with Crippen molar-refractivity contribution >= 4 is 49.4 Å². The van der Waals surface area contributed by atoms with Gasteiger partial charge in [-0.3, -0.25) is 0 Å².